The average molecular weight is 467 g/mol. The summed E-state index contributed by atoms with van der Waals surface area (Å²) in [4.78, 5) is 16.8. The predicted molar refractivity (Wildman–Crippen MR) is 126 cm³/mol. The Balaban J connectivity index is 1.33. The minimum absolute atomic E-state index is 0.152. The fraction of sp³-hybridized carbons (Fsp3) is 0.190. The van der Waals surface area contributed by atoms with Gasteiger partial charge in [0.05, 0.1) is 16.5 Å². The van der Waals surface area contributed by atoms with Crippen LogP contribution < -0.4 is 11.2 Å². The Morgan fingerprint density at radius 1 is 1.09 bits per heavy atom. The van der Waals surface area contributed by atoms with Gasteiger partial charge in [0.1, 0.15) is 0 Å². The third-order valence-electron chi connectivity index (χ3n) is 4.41. The lowest BCUT2D eigenvalue weighted by Crippen LogP contribution is -2.18. The second-order valence-corrected chi connectivity index (χ2v) is 8.92. The number of hydrogen-bond acceptors (Lipinski definition) is 8. The molecule has 0 unspecified atom stereocenters. The highest BCUT2D eigenvalue weighted by Gasteiger charge is 2.16. The smallest absolute Gasteiger partial charge is 0.271 e. The number of benzene rings is 1. The minimum atomic E-state index is -0.153. The number of carbonyl (C=O) groups is 1. The summed E-state index contributed by atoms with van der Waals surface area (Å²) in [7, 11) is 0. The minimum Gasteiger partial charge on any atom is -0.334 e. The monoisotopic (exact) mass is 466 g/mol. The second kappa shape index (κ2) is 9.88. The molecule has 0 radical (unpaired) electrons. The number of pyridine rings is 1. The molecule has 1 aromatic carbocycles. The van der Waals surface area contributed by atoms with Crippen LogP contribution in [0.5, 0.6) is 0 Å². The van der Waals surface area contributed by atoms with Crippen molar-refractivity contribution in [3.05, 3.63) is 71.7 Å². The number of nitrogens with one attached hydrogen (secondary N) is 1. The zero-order valence-electron chi connectivity index (χ0n) is 17.6. The maximum absolute atomic E-state index is 12.5. The van der Waals surface area contributed by atoms with E-state index in [1.807, 2.05) is 62.4 Å². The number of nitrogens with zero attached hydrogens (tertiary/aromatic N) is 6. The van der Waals surface area contributed by atoms with E-state index in [0.717, 1.165) is 33.4 Å². The van der Waals surface area contributed by atoms with Gasteiger partial charge in [0, 0.05) is 23.3 Å². The van der Waals surface area contributed by atoms with E-state index in [1.165, 1.54) is 16.4 Å². The van der Waals surface area contributed by atoms with Crippen LogP contribution in [0, 0.1) is 13.8 Å². The van der Waals surface area contributed by atoms with E-state index >= 15 is 0 Å². The highest BCUT2D eigenvalue weighted by Crippen LogP contribution is 2.23. The van der Waals surface area contributed by atoms with Crippen LogP contribution in [0.15, 0.2) is 64.9 Å². The molecule has 0 saturated heterocycles. The van der Waals surface area contributed by atoms with Crippen molar-refractivity contribution in [3.8, 4) is 5.95 Å². The second-order valence-electron chi connectivity index (χ2n) is 6.99. The van der Waals surface area contributed by atoms with E-state index in [0.29, 0.717) is 11.1 Å². The molecule has 3 heterocycles. The Labute approximate surface area is 193 Å². The quantitative estimate of drug-likeness (QED) is 0.300. The molecule has 9 nitrogen and oxygen atoms in total. The summed E-state index contributed by atoms with van der Waals surface area (Å²) in [5.74, 6) is 7.29. The van der Waals surface area contributed by atoms with Gasteiger partial charge in [-0.05, 0) is 49.7 Å². The zero-order chi connectivity index (χ0) is 22.5. The number of hydrogen-bond donors (Lipinski definition) is 2. The van der Waals surface area contributed by atoms with Gasteiger partial charge in [-0.3, -0.25) is 4.79 Å². The Morgan fingerprint density at radius 3 is 2.72 bits per heavy atom. The number of thioether (sulfide) groups is 2. The highest BCUT2D eigenvalue weighted by atomic mass is 32.2. The normalized spacial score (nSPS) is 10.9. The fourth-order valence-corrected chi connectivity index (χ4v) is 4.46. The summed E-state index contributed by atoms with van der Waals surface area (Å²) in [6, 6.07) is 15.5. The molecule has 164 valence electrons. The summed E-state index contributed by atoms with van der Waals surface area (Å²) >= 11 is 2.86. The number of aromatic nitrogens is 6. The first kappa shape index (κ1) is 21.9. The standard InChI is InChI=1S/C21H22N8OS2/c1-14-10-15(2)29(27-14)20-25-26-21(28(20)22)32-13-18(30)24-17-7-5-6-16(11-17)12-31-19-8-3-4-9-23-19/h3-11H,12-13,22H2,1-2H3,(H,24,30). The summed E-state index contributed by atoms with van der Waals surface area (Å²) in [5, 5.41) is 16.9. The van der Waals surface area contributed by atoms with Crippen LogP contribution in [0.1, 0.15) is 17.0 Å². The van der Waals surface area contributed by atoms with Crippen LogP contribution in [-0.4, -0.2) is 41.3 Å². The highest BCUT2D eigenvalue weighted by molar-refractivity contribution is 7.99. The van der Waals surface area contributed by atoms with Crippen LogP contribution >= 0.6 is 23.5 Å². The van der Waals surface area contributed by atoms with Crippen molar-refractivity contribution < 1.29 is 4.79 Å². The average Bonchev–Trinajstić information content (AvgIpc) is 3.32. The van der Waals surface area contributed by atoms with Gasteiger partial charge in [-0.1, -0.05) is 30.0 Å². The van der Waals surface area contributed by atoms with Crippen molar-refractivity contribution in [2.24, 2.45) is 0 Å². The van der Waals surface area contributed by atoms with Crippen molar-refractivity contribution in [1.82, 2.24) is 29.6 Å². The van der Waals surface area contributed by atoms with Crippen LogP contribution in [0.3, 0.4) is 0 Å². The summed E-state index contributed by atoms with van der Waals surface area (Å²) in [5.41, 5.74) is 3.60. The first-order valence-corrected chi connectivity index (χ1v) is 11.8. The van der Waals surface area contributed by atoms with Gasteiger partial charge in [0.2, 0.25) is 11.1 Å². The molecule has 3 aromatic heterocycles. The van der Waals surface area contributed by atoms with Crippen molar-refractivity contribution in [1.29, 1.82) is 0 Å². The zero-order valence-corrected chi connectivity index (χ0v) is 19.2. The molecule has 11 heteroatoms. The molecule has 4 rings (SSSR count). The lowest BCUT2D eigenvalue weighted by molar-refractivity contribution is -0.113. The molecule has 0 atom stereocenters. The lowest BCUT2D eigenvalue weighted by atomic mass is 10.2. The van der Waals surface area contributed by atoms with E-state index in [-0.39, 0.29) is 11.7 Å². The van der Waals surface area contributed by atoms with Crippen molar-refractivity contribution in [3.63, 3.8) is 0 Å². The van der Waals surface area contributed by atoms with Gasteiger partial charge in [0.25, 0.3) is 5.95 Å². The summed E-state index contributed by atoms with van der Waals surface area (Å²) < 4.78 is 2.97. The van der Waals surface area contributed by atoms with Crippen LogP contribution in [0.2, 0.25) is 0 Å². The molecular weight excluding hydrogens is 444 g/mol. The molecule has 0 aliphatic carbocycles. The Morgan fingerprint density at radius 2 is 1.97 bits per heavy atom. The van der Waals surface area contributed by atoms with Gasteiger partial charge >= 0.3 is 0 Å². The Hall–Kier alpha value is -3.31. The first-order valence-electron chi connectivity index (χ1n) is 9.79. The van der Waals surface area contributed by atoms with E-state index < -0.39 is 0 Å². The molecule has 0 aliphatic rings. The third-order valence-corrected chi connectivity index (χ3v) is 6.37. The fourth-order valence-electron chi connectivity index (χ4n) is 3.00. The molecule has 0 fully saturated rings. The number of rotatable bonds is 8. The van der Waals surface area contributed by atoms with Gasteiger partial charge < -0.3 is 11.2 Å². The lowest BCUT2D eigenvalue weighted by Gasteiger charge is -2.08. The molecule has 0 bridgehead atoms. The molecule has 3 N–H and O–H groups in total. The van der Waals surface area contributed by atoms with E-state index in [1.54, 1.807) is 22.6 Å². The summed E-state index contributed by atoms with van der Waals surface area (Å²) in [6.45, 7) is 3.81. The topological polar surface area (TPSA) is 117 Å². The van der Waals surface area contributed by atoms with Gasteiger partial charge in [-0.25, -0.2) is 14.3 Å². The van der Waals surface area contributed by atoms with Crippen LogP contribution in [0.4, 0.5) is 5.69 Å². The summed E-state index contributed by atoms with van der Waals surface area (Å²) in [6.07, 6.45) is 1.78. The predicted octanol–water partition coefficient (Wildman–Crippen LogP) is 3.21. The van der Waals surface area contributed by atoms with Crippen molar-refractivity contribution >= 4 is 35.1 Å². The van der Waals surface area contributed by atoms with E-state index in [4.69, 9.17) is 5.84 Å². The van der Waals surface area contributed by atoms with E-state index in [9.17, 15) is 4.79 Å². The van der Waals surface area contributed by atoms with Crippen LogP contribution in [-0.2, 0) is 10.5 Å². The number of aryl methyl sites for hydroxylation is 2. The number of amides is 1. The van der Waals surface area contributed by atoms with Gasteiger partial charge in [-0.2, -0.15) is 5.10 Å². The Bertz CT molecular complexity index is 1220. The molecule has 4 aromatic rings. The molecule has 1 amide bonds. The Kier molecular flexibility index (Phi) is 6.76. The van der Waals surface area contributed by atoms with Crippen molar-refractivity contribution in [2.75, 3.05) is 16.9 Å². The first-order chi connectivity index (χ1) is 15.5. The molecule has 0 saturated carbocycles. The van der Waals surface area contributed by atoms with Crippen LogP contribution in [0.25, 0.3) is 5.95 Å². The van der Waals surface area contributed by atoms with Gasteiger partial charge in [0.15, 0.2) is 0 Å². The van der Waals surface area contributed by atoms with E-state index in [2.05, 4.69) is 25.6 Å². The molecule has 0 spiro atoms. The maximum Gasteiger partial charge on any atom is 0.271 e. The molecule has 32 heavy (non-hydrogen) atoms. The number of carbonyl (C=O) groups excluding carboxylic acids is 1. The number of nitrogen functional groups attached to an aromatic ring is 1. The molecule has 0 aliphatic heterocycles. The van der Waals surface area contributed by atoms with Crippen molar-refractivity contribution in [2.45, 2.75) is 29.8 Å². The number of anilines is 1. The largest absolute Gasteiger partial charge is 0.334 e. The van der Waals surface area contributed by atoms with Gasteiger partial charge in [-0.15, -0.1) is 22.0 Å². The SMILES string of the molecule is Cc1cc(C)n(-c2nnc(SCC(=O)Nc3cccc(CSc4ccccn4)c3)n2N)n1. The third kappa shape index (κ3) is 5.29. The number of nitrogens with two attached hydrogens (primary N) is 1. The molecular formula is C21H22N8OS2. The maximum atomic E-state index is 12.5.